The van der Waals surface area contributed by atoms with E-state index >= 15 is 0 Å². The Morgan fingerprint density at radius 1 is 1.27 bits per heavy atom. The van der Waals surface area contributed by atoms with E-state index in [9.17, 15) is 4.79 Å². The molecule has 0 aliphatic heterocycles. The van der Waals surface area contributed by atoms with Gasteiger partial charge in [0.25, 0.3) is 0 Å². The van der Waals surface area contributed by atoms with Crippen LogP contribution in [-0.2, 0) is 4.79 Å². The molecule has 0 fully saturated rings. The molecule has 4 nitrogen and oxygen atoms in total. The van der Waals surface area contributed by atoms with Crippen LogP contribution in [0.2, 0.25) is 0 Å². The Morgan fingerprint density at radius 3 is 2.86 bits per heavy atom. The Hall–Kier alpha value is -2.27. The fourth-order valence-corrected chi connectivity index (χ4v) is 2.81. The lowest BCUT2D eigenvalue weighted by Crippen LogP contribution is -2.27. The summed E-state index contributed by atoms with van der Waals surface area (Å²) >= 11 is 1.42. The van der Waals surface area contributed by atoms with E-state index in [-0.39, 0.29) is 11.9 Å². The fraction of sp³-hybridized carbons (Fsp3) is 0.176. The number of pyridine rings is 1. The molecule has 0 bridgehead atoms. The van der Waals surface area contributed by atoms with Gasteiger partial charge < -0.3 is 9.73 Å². The van der Waals surface area contributed by atoms with Crippen LogP contribution in [0.15, 0.2) is 64.2 Å². The maximum Gasteiger partial charge on any atom is 0.230 e. The summed E-state index contributed by atoms with van der Waals surface area (Å²) in [6.07, 6.45) is 1.72. The molecule has 22 heavy (non-hydrogen) atoms. The van der Waals surface area contributed by atoms with Crippen molar-refractivity contribution in [1.82, 2.24) is 10.3 Å². The standard InChI is InChI=1S/C17H16N2O2S/c1-12(15-10-13-6-2-3-7-14(13)21-15)19-16(20)11-22-17-8-4-5-9-18-17/h2-10,12H,11H2,1H3,(H,19,20)/t12-/m1/s1. The molecule has 1 atom stereocenters. The second-order valence-electron chi connectivity index (χ2n) is 4.93. The lowest BCUT2D eigenvalue weighted by atomic mass is 10.2. The van der Waals surface area contributed by atoms with Crippen molar-refractivity contribution in [1.29, 1.82) is 0 Å². The van der Waals surface area contributed by atoms with Crippen LogP contribution in [0.3, 0.4) is 0 Å². The van der Waals surface area contributed by atoms with Crippen molar-refractivity contribution in [3.63, 3.8) is 0 Å². The van der Waals surface area contributed by atoms with Crippen molar-refractivity contribution in [2.24, 2.45) is 0 Å². The Bertz CT molecular complexity index is 737. The van der Waals surface area contributed by atoms with E-state index in [2.05, 4.69) is 10.3 Å². The highest BCUT2D eigenvalue weighted by Gasteiger charge is 2.14. The van der Waals surface area contributed by atoms with E-state index in [1.807, 2.05) is 55.5 Å². The maximum atomic E-state index is 12.0. The van der Waals surface area contributed by atoms with Crippen LogP contribution < -0.4 is 5.32 Å². The van der Waals surface area contributed by atoms with Gasteiger partial charge in [0.05, 0.1) is 16.8 Å². The number of para-hydroxylation sites is 1. The first-order valence-corrected chi connectivity index (χ1v) is 8.02. The lowest BCUT2D eigenvalue weighted by Gasteiger charge is -2.10. The van der Waals surface area contributed by atoms with E-state index in [1.165, 1.54) is 11.8 Å². The summed E-state index contributed by atoms with van der Waals surface area (Å²) in [5.41, 5.74) is 0.835. The minimum atomic E-state index is -0.163. The third-order valence-corrected chi connectivity index (χ3v) is 4.18. The van der Waals surface area contributed by atoms with E-state index < -0.39 is 0 Å². The third kappa shape index (κ3) is 3.49. The summed E-state index contributed by atoms with van der Waals surface area (Å²) in [5.74, 6) is 1.06. The Labute approximate surface area is 132 Å². The number of benzene rings is 1. The average Bonchev–Trinajstić information content (AvgIpc) is 2.98. The zero-order valence-electron chi connectivity index (χ0n) is 12.2. The number of fused-ring (bicyclic) bond motifs is 1. The monoisotopic (exact) mass is 312 g/mol. The van der Waals surface area contributed by atoms with Crippen molar-refractivity contribution in [2.75, 3.05) is 5.75 Å². The van der Waals surface area contributed by atoms with E-state index in [4.69, 9.17) is 4.42 Å². The second kappa shape index (κ2) is 6.66. The highest BCUT2D eigenvalue weighted by molar-refractivity contribution is 7.99. The molecule has 3 aromatic rings. The molecular weight excluding hydrogens is 296 g/mol. The molecule has 1 aromatic carbocycles. The number of carbonyl (C=O) groups is 1. The molecule has 0 spiro atoms. The second-order valence-corrected chi connectivity index (χ2v) is 5.93. The molecule has 1 N–H and O–H groups in total. The quantitative estimate of drug-likeness (QED) is 0.728. The highest BCUT2D eigenvalue weighted by atomic mass is 32.2. The molecule has 1 amide bonds. The highest BCUT2D eigenvalue weighted by Crippen LogP contribution is 2.23. The Balaban J connectivity index is 1.58. The maximum absolute atomic E-state index is 12.0. The van der Waals surface area contributed by atoms with E-state index in [0.717, 1.165) is 21.8 Å². The topological polar surface area (TPSA) is 55.1 Å². The van der Waals surface area contributed by atoms with Crippen molar-refractivity contribution >= 4 is 28.6 Å². The van der Waals surface area contributed by atoms with Gasteiger partial charge in [-0.15, -0.1) is 0 Å². The molecule has 112 valence electrons. The molecule has 2 aromatic heterocycles. The molecular formula is C17H16N2O2S. The van der Waals surface area contributed by atoms with E-state index in [1.54, 1.807) is 6.20 Å². The van der Waals surface area contributed by atoms with Gasteiger partial charge in [-0.1, -0.05) is 36.0 Å². The minimum Gasteiger partial charge on any atom is -0.459 e. The van der Waals surface area contributed by atoms with Gasteiger partial charge in [-0.25, -0.2) is 4.98 Å². The third-order valence-electron chi connectivity index (χ3n) is 3.24. The number of hydrogen-bond donors (Lipinski definition) is 1. The van der Waals surface area contributed by atoms with Gasteiger partial charge in [-0.3, -0.25) is 4.79 Å². The van der Waals surface area contributed by atoms with Gasteiger partial charge in [0.1, 0.15) is 11.3 Å². The number of nitrogens with one attached hydrogen (secondary N) is 1. The van der Waals surface area contributed by atoms with Crippen molar-refractivity contribution in [2.45, 2.75) is 18.0 Å². The van der Waals surface area contributed by atoms with Gasteiger partial charge in [0.2, 0.25) is 5.91 Å². The number of thioether (sulfide) groups is 1. The van der Waals surface area contributed by atoms with Crippen LogP contribution in [0.1, 0.15) is 18.7 Å². The van der Waals surface area contributed by atoms with Crippen LogP contribution in [0.5, 0.6) is 0 Å². The number of aromatic nitrogens is 1. The zero-order valence-corrected chi connectivity index (χ0v) is 13.0. The molecule has 0 saturated heterocycles. The Morgan fingerprint density at radius 2 is 2.09 bits per heavy atom. The Kier molecular flexibility index (Phi) is 4.44. The summed E-state index contributed by atoms with van der Waals surface area (Å²) in [7, 11) is 0. The fourth-order valence-electron chi connectivity index (χ4n) is 2.14. The lowest BCUT2D eigenvalue weighted by molar-refractivity contribution is -0.119. The molecule has 3 rings (SSSR count). The summed E-state index contributed by atoms with van der Waals surface area (Å²) in [6.45, 7) is 1.92. The van der Waals surface area contributed by atoms with Gasteiger partial charge in [0.15, 0.2) is 0 Å². The summed E-state index contributed by atoms with van der Waals surface area (Å²) < 4.78 is 5.76. The van der Waals surface area contributed by atoms with Crippen molar-refractivity contribution in [3.8, 4) is 0 Å². The van der Waals surface area contributed by atoms with Crippen molar-refractivity contribution in [3.05, 3.63) is 60.5 Å². The number of amides is 1. The first-order chi connectivity index (χ1) is 10.7. The number of carbonyl (C=O) groups excluding carboxylic acids is 1. The van der Waals surface area contributed by atoms with Crippen molar-refractivity contribution < 1.29 is 9.21 Å². The zero-order chi connectivity index (χ0) is 15.4. The first kappa shape index (κ1) is 14.7. The molecule has 0 aliphatic rings. The van der Waals surface area contributed by atoms with Crippen LogP contribution >= 0.6 is 11.8 Å². The minimum absolute atomic E-state index is 0.0383. The molecule has 0 unspecified atom stereocenters. The predicted octanol–water partition coefficient (Wildman–Crippen LogP) is 3.80. The predicted molar refractivity (Wildman–Crippen MR) is 87.7 cm³/mol. The number of furan rings is 1. The largest absolute Gasteiger partial charge is 0.459 e. The first-order valence-electron chi connectivity index (χ1n) is 7.04. The smallest absolute Gasteiger partial charge is 0.230 e. The number of rotatable bonds is 5. The molecule has 2 heterocycles. The average molecular weight is 312 g/mol. The van der Waals surface area contributed by atoms with Gasteiger partial charge in [-0.05, 0) is 31.2 Å². The molecule has 0 saturated carbocycles. The number of nitrogens with zero attached hydrogens (tertiary/aromatic N) is 1. The van der Waals surface area contributed by atoms with Crippen LogP contribution in [-0.4, -0.2) is 16.6 Å². The molecule has 0 radical (unpaired) electrons. The van der Waals surface area contributed by atoms with E-state index in [0.29, 0.717) is 5.75 Å². The molecule has 0 aliphatic carbocycles. The molecule has 5 heteroatoms. The van der Waals surface area contributed by atoms with Crippen LogP contribution in [0.4, 0.5) is 0 Å². The van der Waals surface area contributed by atoms with Gasteiger partial charge >= 0.3 is 0 Å². The summed E-state index contributed by atoms with van der Waals surface area (Å²) in [6, 6.07) is 15.3. The van der Waals surface area contributed by atoms with Gasteiger partial charge in [0, 0.05) is 11.6 Å². The number of hydrogen-bond acceptors (Lipinski definition) is 4. The van der Waals surface area contributed by atoms with Crippen LogP contribution in [0.25, 0.3) is 11.0 Å². The summed E-state index contributed by atoms with van der Waals surface area (Å²) in [4.78, 5) is 16.2. The summed E-state index contributed by atoms with van der Waals surface area (Å²) in [5, 5.41) is 4.83. The normalized spacial score (nSPS) is 12.2. The van der Waals surface area contributed by atoms with Crippen LogP contribution in [0, 0.1) is 0 Å². The van der Waals surface area contributed by atoms with Gasteiger partial charge in [-0.2, -0.15) is 0 Å². The SMILES string of the molecule is C[C@@H](NC(=O)CSc1ccccn1)c1cc2ccccc2o1.